The van der Waals surface area contributed by atoms with Gasteiger partial charge in [-0.2, -0.15) is 8.42 Å². The van der Waals surface area contributed by atoms with Gasteiger partial charge in [0.15, 0.2) is 0 Å². The summed E-state index contributed by atoms with van der Waals surface area (Å²) in [4.78, 5) is 21.1. The Hall–Kier alpha value is -0.410. The molecule has 9 heteroatoms. The van der Waals surface area contributed by atoms with E-state index < -0.39 is 39.6 Å². The number of hydrogen-bond donors (Lipinski definition) is 3. The predicted octanol–water partition coefficient (Wildman–Crippen LogP) is 4.24. The van der Waals surface area contributed by atoms with E-state index in [0.29, 0.717) is 0 Å². The zero-order chi connectivity index (χ0) is 22.1. The minimum atomic E-state index is -5.03. The summed E-state index contributed by atoms with van der Waals surface area (Å²) >= 11 is 1.41. The zero-order valence-corrected chi connectivity index (χ0v) is 20.2. The van der Waals surface area contributed by atoms with Gasteiger partial charge in [-0.15, -0.1) is 6.58 Å². The fourth-order valence-electron chi connectivity index (χ4n) is 2.76. The Morgan fingerprint density at radius 1 is 0.964 bits per heavy atom. The normalized spacial score (nSPS) is 13.1. The summed E-state index contributed by atoms with van der Waals surface area (Å²) in [7, 11) is -5.03. The maximum atomic E-state index is 10.9. The van der Waals surface area contributed by atoms with Crippen LogP contribution in [0.25, 0.3) is 0 Å². The number of carbonyl (C=O) groups is 2. The Morgan fingerprint density at radius 2 is 1.39 bits per heavy atom. The van der Waals surface area contributed by atoms with Crippen LogP contribution >= 0.6 is 0 Å². The molecule has 0 amide bonds. The maximum absolute atomic E-state index is 10.9. The number of carboxylic acids is 2. The third-order valence-electron chi connectivity index (χ3n) is 4.50. The van der Waals surface area contributed by atoms with Crippen molar-refractivity contribution >= 4 is 50.0 Å². The second-order valence-electron chi connectivity index (χ2n) is 7.02. The molecule has 3 N–H and O–H groups in total. The van der Waals surface area contributed by atoms with Crippen molar-refractivity contribution in [2.24, 2.45) is 0 Å². The van der Waals surface area contributed by atoms with Crippen LogP contribution in [0.3, 0.4) is 0 Å². The van der Waals surface area contributed by atoms with Gasteiger partial charge >= 0.3 is 115 Å². The van der Waals surface area contributed by atoms with Crippen LogP contribution in [0.5, 0.6) is 0 Å². The number of unbranched alkanes of at least 4 members (excludes halogenated alkanes) is 9. The topological polar surface area (TPSA) is 129 Å². The van der Waals surface area contributed by atoms with Crippen LogP contribution in [-0.2, 0) is 19.7 Å². The van der Waals surface area contributed by atoms with Crippen molar-refractivity contribution in [3.8, 4) is 0 Å². The third-order valence-corrected chi connectivity index (χ3v) is 6.68. The molecule has 1 unspecified atom stereocenters. The van der Waals surface area contributed by atoms with E-state index in [4.69, 9.17) is 14.8 Å². The average molecular weight is 431 g/mol. The Labute approximate surface area is 187 Å². The molecule has 0 aliphatic heterocycles. The van der Waals surface area contributed by atoms with Gasteiger partial charge < -0.3 is 10.2 Å². The van der Waals surface area contributed by atoms with Crippen molar-refractivity contribution in [3.63, 3.8) is 0 Å². The van der Waals surface area contributed by atoms with Crippen LogP contribution in [0.2, 0.25) is 3.67 Å². The van der Waals surface area contributed by atoms with Gasteiger partial charge in [0.1, 0.15) is 0 Å². The average Bonchev–Trinajstić information content (AvgIpc) is 2.59. The molecule has 1 atom stereocenters. The van der Waals surface area contributed by atoms with Gasteiger partial charge in [-0.05, 0) is 6.42 Å². The van der Waals surface area contributed by atoms with E-state index in [1.807, 2.05) is 0 Å². The molecule has 0 spiro atoms. The van der Waals surface area contributed by atoms with Crippen molar-refractivity contribution in [2.75, 3.05) is 0 Å². The predicted molar refractivity (Wildman–Crippen MR) is 111 cm³/mol. The summed E-state index contributed by atoms with van der Waals surface area (Å²) in [6.45, 7) is 5.40. The monoisotopic (exact) mass is 430 g/mol. The molecule has 0 aromatic carbocycles. The number of rotatable bonds is 16. The van der Waals surface area contributed by atoms with Crippen molar-refractivity contribution < 1.29 is 32.8 Å². The Balaban J connectivity index is 0. The minimum absolute atomic E-state index is 0.687. The standard InChI is InChI=1S/C12H25.C7H10O7S.Na/c1-3-5-7-9-11-12-10-8-6-4-2;1-2-3-7(6(10)11,4-5(8)9)15(12,13)14;/h1,3-12H2,2H3;2H,1,3-4H2,(H,8,9)(H,10,11)(H,12,13,14);. The summed E-state index contributed by atoms with van der Waals surface area (Å²) in [6.07, 6.45) is 13.7. The van der Waals surface area contributed by atoms with E-state index in [-0.39, 0.29) is 0 Å². The summed E-state index contributed by atoms with van der Waals surface area (Å²) < 4.78 is 29.3. The van der Waals surface area contributed by atoms with E-state index >= 15 is 0 Å². The molecule has 0 aromatic heterocycles. The fraction of sp³-hybridized carbons (Fsp3) is 0.789. The molecule has 0 aliphatic carbocycles. The first kappa shape index (κ1) is 29.8. The summed E-state index contributed by atoms with van der Waals surface area (Å²) in [5, 5.41) is 17.1. The Bertz CT molecular complexity index is 538. The molecule has 0 radical (unpaired) electrons. The third kappa shape index (κ3) is 13.7. The molecule has 160 valence electrons. The molecule has 0 heterocycles. The number of carboxylic acid groups (broad SMARTS) is 2. The van der Waals surface area contributed by atoms with Gasteiger partial charge in [-0.1, -0.05) is 6.08 Å². The number of allylic oxidation sites excluding steroid dienone is 1. The van der Waals surface area contributed by atoms with Crippen LogP contribution in [0.15, 0.2) is 12.7 Å². The molecule has 0 aromatic rings. The first-order valence-corrected chi connectivity index (χ1v) is 13.0. The molecular formula is C19H35NaO7S. The first-order chi connectivity index (χ1) is 13.1. The van der Waals surface area contributed by atoms with Crippen molar-refractivity contribution in [2.45, 2.75) is 92.4 Å². The van der Waals surface area contributed by atoms with Gasteiger partial charge in [-0.3, -0.25) is 14.1 Å². The van der Waals surface area contributed by atoms with Crippen molar-refractivity contribution in [1.82, 2.24) is 0 Å². The number of hydrogen-bond acceptors (Lipinski definition) is 4. The van der Waals surface area contributed by atoms with E-state index in [0.717, 1.165) is 6.08 Å². The Morgan fingerprint density at radius 3 is 1.68 bits per heavy atom. The quantitative estimate of drug-likeness (QED) is 0.144. The van der Waals surface area contributed by atoms with Crippen molar-refractivity contribution in [3.05, 3.63) is 12.7 Å². The summed E-state index contributed by atoms with van der Waals surface area (Å²) in [5.41, 5.74) is 0. The second kappa shape index (κ2) is 17.4. The second-order valence-corrected chi connectivity index (χ2v) is 9.75. The molecule has 0 fully saturated rings. The van der Waals surface area contributed by atoms with Crippen LogP contribution in [0, 0.1) is 0 Å². The van der Waals surface area contributed by atoms with E-state index in [1.54, 1.807) is 0 Å². The summed E-state index contributed by atoms with van der Waals surface area (Å²) in [5.74, 6) is -3.57. The molecule has 0 saturated heterocycles. The van der Waals surface area contributed by atoms with E-state index in [2.05, 4.69) is 13.5 Å². The molecule has 0 bridgehead atoms. The first-order valence-electron chi connectivity index (χ1n) is 10.1. The molecule has 28 heavy (non-hydrogen) atoms. The van der Waals surface area contributed by atoms with Gasteiger partial charge in [0.05, 0.1) is 6.42 Å². The summed E-state index contributed by atoms with van der Waals surface area (Å²) in [6, 6.07) is 0. The van der Waals surface area contributed by atoms with Crippen LogP contribution in [0.4, 0.5) is 0 Å². The van der Waals surface area contributed by atoms with Gasteiger partial charge in [-0.25, -0.2) is 0 Å². The van der Waals surface area contributed by atoms with Crippen LogP contribution < -0.4 is 0 Å². The number of aliphatic carboxylic acids is 2. The molecule has 0 rings (SSSR count). The van der Waals surface area contributed by atoms with Gasteiger partial charge in [0, 0.05) is 0 Å². The fourth-order valence-corrected chi connectivity index (χ4v) is 4.11. The molecular weight excluding hydrogens is 395 g/mol. The van der Waals surface area contributed by atoms with E-state index in [9.17, 15) is 18.0 Å². The Kier molecular flexibility index (Phi) is 18.6. The molecule has 0 aliphatic rings. The molecule has 0 saturated carbocycles. The van der Waals surface area contributed by atoms with Crippen LogP contribution in [-0.4, -0.2) is 67.8 Å². The zero-order valence-electron chi connectivity index (χ0n) is 17.4. The van der Waals surface area contributed by atoms with Crippen molar-refractivity contribution in [1.29, 1.82) is 0 Å². The van der Waals surface area contributed by atoms with Gasteiger partial charge in [0.2, 0.25) is 4.75 Å². The van der Waals surface area contributed by atoms with Gasteiger partial charge in [0.25, 0.3) is 10.1 Å². The van der Waals surface area contributed by atoms with Crippen LogP contribution in [0.1, 0.15) is 84.0 Å². The van der Waals surface area contributed by atoms with E-state index in [1.165, 1.54) is 95.8 Å². The SMILES string of the molecule is C=CCC(CC(=O)O)(C(=O)O)S(=O)(=O)O.CCCCCCCCCCC[CH2][Na]. The molecule has 7 nitrogen and oxygen atoms in total.